The van der Waals surface area contributed by atoms with E-state index in [9.17, 15) is 4.79 Å². The molecule has 0 aromatic rings. The van der Waals surface area contributed by atoms with Crippen molar-refractivity contribution in [3.8, 4) is 0 Å². The number of aliphatic hydroxyl groups excluding tert-OH is 4. The smallest absolute Gasteiger partial charge is 0.377 e. The summed E-state index contributed by atoms with van der Waals surface area (Å²) < 4.78 is 4.32. The summed E-state index contributed by atoms with van der Waals surface area (Å²) in [6.07, 6.45) is -2.78. The molecule has 2 atom stereocenters. The van der Waals surface area contributed by atoms with Crippen LogP contribution in [0.1, 0.15) is 0 Å². The monoisotopic (exact) mass is 176 g/mol. The third-order valence-corrected chi connectivity index (χ3v) is 1.48. The molecule has 0 spiro atoms. The Hall–Kier alpha value is -1.27. The molecule has 68 valence electrons. The molecule has 0 radical (unpaired) electrons. The van der Waals surface area contributed by atoms with Gasteiger partial charge in [0, 0.05) is 0 Å². The highest BCUT2D eigenvalue weighted by atomic mass is 16.6. The summed E-state index contributed by atoms with van der Waals surface area (Å²) in [7, 11) is 0. The number of hydrogen-bond acceptors (Lipinski definition) is 6. The number of rotatable bonds is 2. The normalized spacial score (nSPS) is 25.8. The molecule has 0 aromatic heterocycles. The van der Waals surface area contributed by atoms with Crippen LogP contribution in [0, 0.1) is 0 Å². The molecule has 1 heterocycles. The second-order valence-electron chi connectivity index (χ2n) is 2.31. The summed E-state index contributed by atoms with van der Waals surface area (Å²) >= 11 is 0. The van der Waals surface area contributed by atoms with E-state index in [1.165, 1.54) is 0 Å². The van der Waals surface area contributed by atoms with Gasteiger partial charge in [-0.15, -0.1) is 0 Å². The lowest BCUT2D eigenvalue weighted by atomic mass is 10.2. The van der Waals surface area contributed by atoms with Crippen molar-refractivity contribution in [1.82, 2.24) is 0 Å². The standard InChI is InChI=1S/C6H8O6/c7-1-2(8)5-3(9)4(10)6(11)12-5/h2,5,7-10H,1H2/t2?,5-/m0/s1. The Bertz CT molecular complexity index is 232. The average molecular weight is 176 g/mol. The Balaban J connectivity index is 2.80. The summed E-state index contributed by atoms with van der Waals surface area (Å²) in [5.74, 6) is -2.78. The van der Waals surface area contributed by atoms with Crippen molar-refractivity contribution in [1.29, 1.82) is 0 Å². The molecule has 0 amide bonds. The summed E-state index contributed by atoms with van der Waals surface area (Å²) in [5, 5.41) is 35.0. The lowest BCUT2D eigenvalue weighted by Crippen LogP contribution is -2.31. The molecule has 1 aliphatic rings. The van der Waals surface area contributed by atoms with Gasteiger partial charge in [0.15, 0.2) is 11.9 Å². The molecule has 12 heavy (non-hydrogen) atoms. The van der Waals surface area contributed by atoms with Crippen molar-refractivity contribution < 1.29 is 30.0 Å². The number of hydrogen-bond donors (Lipinski definition) is 4. The van der Waals surface area contributed by atoms with Gasteiger partial charge in [-0.05, 0) is 0 Å². The van der Waals surface area contributed by atoms with Crippen molar-refractivity contribution in [2.75, 3.05) is 6.61 Å². The Labute approximate surface area is 67.3 Å². The predicted molar refractivity (Wildman–Crippen MR) is 35.3 cm³/mol. The third-order valence-electron chi connectivity index (χ3n) is 1.48. The number of esters is 1. The summed E-state index contributed by atoms with van der Waals surface area (Å²) in [5.41, 5.74) is 0. The minimum absolute atomic E-state index is 0.671. The van der Waals surface area contributed by atoms with E-state index in [1.807, 2.05) is 0 Å². The first-order valence-electron chi connectivity index (χ1n) is 3.20. The van der Waals surface area contributed by atoms with Gasteiger partial charge in [0.2, 0.25) is 5.76 Å². The molecule has 0 bridgehead atoms. The van der Waals surface area contributed by atoms with Gasteiger partial charge in [-0.2, -0.15) is 0 Å². The van der Waals surface area contributed by atoms with Gasteiger partial charge in [0.25, 0.3) is 0 Å². The number of aliphatic hydroxyl groups is 4. The first kappa shape index (κ1) is 8.82. The molecular weight excluding hydrogens is 168 g/mol. The Morgan fingerprint density at radius 3 is 2.42 bits per heavy atom. The van der Waals surface area contributed by atoms with E-state index in [0.29, 0.717) is 0 Å². The van der Waals surface area contributed by atoms with Crippen molar-refractivity contribution in [3.63, 3.8) is 0 Å². The van der Waals surface area contributed by atoms with E-state index >= 15 is 0 Å². The van der Waals surface area contributed by atoms with Gasteiger partial charge in [-0.3, -0.25) is 0 Å². The van der Waals surface area contributed by atoms with Gasteiger partial charge in [0.1, 0.15) is 6.10 Å². The van der Waals surface area contributed by atoms with Crippen molar-refractivity contribution >= 4 is 5.97 Å². The fourth-order valence-corrected chi connectivity index (χ4v) is 0.823. The number of ether oxygens (including phenoxy) is 1. The van der Waals surface area contributed by atoms with Crippen LogP contribution >= 0.6 is 0 Å². The van der Waals surface area contributed by atoms with Crippen molar-refractivity contribution in [2.45, 2.75) is 12.2 Å². The van der Waals surface area contributed by atoms with Crippen LogP contribution in [0.4, 0.5) is 0 Å². The first-order chi connectivity index (χ1) is 5.57. The molecule has 0 aliphatic carbocycles. The highest BCUT2D eigenvalue weighted by Gasteiger charge is 2.38. The van der Waals surface area contributed by atoms with E-state index < -0.39 is 36.3 Å². The van der Waals surface area contributed by atoms with Crippen molar-refractivity contribution in [3.05, 3.63) is 11.5 Å². The molecule has 1 aliphatic heterocycles. The van der Waals surface area contributed by atoms with Crippen LogP contribution in [0.3, 0.4) is 0 Å². The number of carbonyl (C=O) groups excluding carboxylic acids is 1. The minimum Gasteiger partial charge on any atom is -0.505 e. The van der Waals surface area contributed by atoms with Gasteiger partial charge < -0.3 is 25.2 Å². The van der Waals surface area contributed by atoms with E-state index in [0.717, 1.165) is 0 Å². The van der Waals surface area contributed by atoms with Crippen molar-refractivity contribution in [2.24, 2.45) is 0 Å². The molecule has 4 N–H and O–H groups in total. The first-order valence-corrected chi connectivity index (χ1v) is 3.20. The van der Waals surface area contributed by atoms with Crippen LogP contribution in [-0.4, -0.2) is 45.2 Å². The van der Waals surface area contributed by atoms with E-state index in [2.05, 4.69) is 4.74 Å². The Morgan fingerprint density at radius 2 is 2.08 bits per heavy atom. The topological polar surface area (TPSA) is 107 Å². The second-order valence-corrected chi connectivity index (χ2v) is 2.31. The second kappa shape index (κ2) is 3.00. The lowest BCUT2D eigenvalue weighted by Gasteiger charge is -2.13. The molecule has 0 fully saturated rings. The van der Waals surface area contributed by atoms with E-state index in [-0.39, 0.29) is 0 Å². The zero-order chi connectivity index (χ0) is 9.30. The maximum Gasteiger partial charge on any atom is 0.377 e. The molecule has 1 rings (SSSR count). The number of carbonyl (C=O) groups is 1. The van der Waals surface area contributed by atoms with Crippen LogP contribution in [0.5, 0.6) is 0 Å². The van der Waals surface area contributed by atoms with Gasteiger partial charge in [-0.1, -0.05) is 0 Å². The quantitative estimate of drug-likeness (QED) is 0.385. The molecule has 0 saturated carbocycles. The molecule has 0 aromatic carbocycles. The minimum atomic E-state index is -1.42. The van der Waals surface area contributed by atoms with Gasteiger partial charge in [-0.25, -0.2) is 4.79 Å². The lowest BCUT2D eigenvalue weighted by molar-refractivity contribution is -0.147. The fraction of sp³-hybridized carbons (Fsp3) is 0.500. The van der Waals surface area contributed by atoms with E-state index in [1.54, 1.807) is 0 Å². The molecule has 6 nitrogen and oxygen atoms in total. The molecular formula is C6H8O6. The van der Waals surface area contributed by atoms with Gasteiger partial charge >= 0.3 is 5.97 Å². The zero-order valence-corrected chi connectivity index (χ0v) is 5.97. The molecule has 6 heteroatoms. The van der Waals surface area contributed by atoms with Gasteiger partial charge in [0.05, 0.1) is 6.61 Å². The molecule has 1 unspecified atom stereocenters. The van der Waals surface area contributed by atoms with Crippen LogP contribution < -0.4 is 0 Å². The highest BCUT2D eigenvalue weighted by molar-refractivity contribution is 5.89. The summed E-state index contributed by atoms with van der Waals surface area (Å²) in [6, 6.07) is 0. The van der Waals surface area contributed by atoms with Crippen LogP contribution in [0.25, 0.3) is 0 Å². The van der Waals surface area contributed by atoms with E-state index in [4.69, 9.17) is 20.4 Å². The SMILES string of the molecule is O=C1O[C@@H](C(O)CO)C(O)=C1O. The maximum atomic E-state index is 10.5. The Morgan fingerprint density at radius 1 is 1.50 bits per heavy atom. The maximum absolute atomic E-state index is 10.5. The zero-order valence-electron chi connectivity index (χ0n) is 5.97. The highest BCUT2D eigenvalue weighted by Crippen LogP contribution is 2.20. The van der Waals surface area contributed by atoms with Crippen LogP contribution in [0.15, 0.2) is 11.5 Å². The predicted octanol–water partition coefficient (Wildman–Crippen LogP) is -1.41. The summed E-state index contributed by atoms with van der Waals surface area (Å²) in [4.78, 5) is 10.5. The third kappa shape index (κ3) is 1.21. The largest absolute Gasteiger partial charge is 0.505 e. The van der Waals surface area contributed by atoms with Crippen LogP contribution in [-0.2, 0) is 9.53 Å². The number of cyclic esters (lactones) is 1. The summed E-state index contributed by atoms with van der Waals surface area (Å²) in [6.45, 7) is -0.671. The molecule has 0 saturated heterocycles. The fourth-order valence-electron chi connectivity index (χ4n) is 0.823. The Kier molecular flexibility index (Phi) is 2.20. The van der Waals surface area contributed by atoms with Crippen LogP contribution in [0.2, 0.25) is 0 Å². The average Bonchev–Trinajstić information content (AvgIpc) is 2.32.